The molecule has 0 saturated heterocycles. The summed E-state index contributed by atoms with van der Waals surface area (Å²) in [6.45, 7) is 4.61. The monoisotopic (exact) mass is 522 g/mol. The molecule has 2 N–H and O–H groups in total. The van der Waals surface area contributed by atoms with Gasteiger partial charge in [-0.3, -0.25) is 9.59 Å². The van der Waals surface area contributed by atoms with Crippen LogP contribution in [0.4, 0.5) is 0 Å². The van der Waals surface area contributed by atoms with Crippen LogP contribution < -0.4 is 15.4 Å². The zero-order chi connectivity index (χ0) is 27.4. The van der Waals surface area contributed by atoms with Gasteiger partial charge in [-0.05, 0) is 59.9 Å². The van der Waals surface area contributed by atoms with Gasteiger partial charge in [0.1, 0.15) is 18.4 Å². The average Bonchev–Trinajstić information content (AvgIpc) is 2.98. The highest BCUT2D eigenvalue weighted by Gasteiger charge is 2.30. The van der Waals surface area contributed by atoms with E-state index in [1.165, 1.54) is 23.4 Å². The molecule has 0 bridgehead atoms. The van der Waals surface area contributed by atoms with Crippen molar-refractivity contribution < 1.29 is 19.1 Å². The third-order valence-corrected chi connectivity index (χ3v) is 7.56. The number of benzene rings is 4. The fourth-order valence-electron chi connectivity index (χ4n) is 5.40. The Labute approximate surface area is 229 Å². The molecule has 200 valence electrons. The standard InChI is InChI=1S/C33H34N2O4/c1-21-15-16-24(17-29(21)33(37)35-20-32(36)38-3)30-18-25(39-31-14-7-6-12-28(30)31)19-34-22(2)26-13-8-10-23-9-4-5-11-27(23)26/h4-17,22,25,30,34H,18-20H2,1-3H3,(H,35,37)/t22-,25?,30+/m1/s1. The first-order valence-corrected chi connectivity index (χ1v) is 13.4. The molecule has 1 aliphatic heterocycles. The van der Waals surface area contributed by atoms with E-state index in [0.717, 1.165) is 28.9 Å². The summed E-state index contributed by atoms with van der Waals surface area (Å²) in [6, 6.07) is 29.2. The summed E-state index contributed by atoms with van der Waals surface area (Å²) in [4.78, 5) is 24.4. The molecule has 6 heteroatoms. The lowest BCUT2D eigenvalue weighted by molar-refractivity contribution is -0.139. The van der Waals surface area contributed by atoms with Crippen LogP contribution in [0, 0.1) is 6.92 Å². The van der Waals surface area contributed by atoms with Crippen molar-refractivity contribution >= 4 is 22.6 Å². The Morgan fingerprint density at radius 1 is 1.00 bits per heavy atom. The molecule has 4 aromatic rings. The van der Waals surface area contributed by atoms with Crippen molar-refractivity contribution in [3.63, 3.8) is 0 Å². The van der Waals surface area contributed by atoms with Gasteiger partial charge in [0.15, 0.2) is 0 Å². The first-order chi connectivity index (χ1) is 18.9. The Bertz CT molecular complexity index is 1490. The molecule has 4 aromatic carbocycles. The Hall–Kier alpha value is -4.16. The van der Waals surface area contributed by atoms with Crippen molar-refractivity contribution in [2.75, 3.05) is 20.2 Å². The average molecular weight is 523 g/mol. The van der Waals surface area contributed by atoms with E-state index in [1.807, 2.05) is 37.3 Å². The summed E-state index contributed by atoms with van der Waals surface area (Å²) in [5.41, 5.74) is 4.83. The number of methoxy groups -OCH3 is 1. The van der Waals surface area contributed by atoms with E-state index in [1.54, 1.807) is 0 Å². The van der Waals surface area contributed by atoms with Gasteiger partial charge in [-0.25, -0.2) is 0 Å². The van der Waals surface area contributed by atoms with Crippen molar-refractivity contribution in [1.29, 1.82) is 0 Å². The normalized spacial score (nSPS) is 17.1. The Balaban J connectivity index is 1.36. The molecule has 0 saturated carbocycles. The van der Waals surface area contributed by atoms with E-state index >= 15 is 0 Å². The minimum atomic E-state index is -0.483. The maximum Gasteiger partial charge on any atom is 0.325 e. The van der Waals surface area contributed by atoms with Gasteiger partial charge >= 0.3 is 5.97 Å². The van der Waals surface area contributed by atoms with Crippen molar-refractivity contribution in [1.82, 2.24) is 10.6 Å². The lowest BCUT2D eigenvalue weighted by Gasteiger charge is -2.33. The molecule has 0 fully saturated rings. The first kappa shape index (κ1) is 26.4. The van der Waals surface area contributed by atoms with Gasteiger partial charge in [-0.1, -0.05) is 72.8 Å². The van der Waals surface area contributed by atoms with E-state index in [2.05, 4.69) is 76.9 Å². The highest BCUT2D eigenvalue weighted by Crippen LogP contribution is 2.41. The Morgan fingerprint density at radius 2 is 1.77 bits per heavy atom. The Kier molecular flexibility index (Phi) is 7.94. The number of ether oxygens (including phenoxy) is 2. The molecule has 0 radical (unpaired) electrons. The van der Waals surface area contributed by atoms with Crippen LogP contribution in [0.15, 0.2) is 84.9 Å². The summed E-state index contributed by atoms with van der Waals surface area (Å²) in [5, 5.41) is 8.85. The number of aryl methyl sites for hydroxylation is 1. The number of amides is 1. The van der Waals surface area contributed by atoms with Gasteiger partial charge in [0.05, 0.1) is 7.11 Å². The number of esters is 1. The molecule has 39 heavy (non-hydrogen) atoms. The number of para-hydroxylation sites is 1. The van der Waals surface area contributed by atoms with Crippen molar-refractivity contribution in [2.24, 2.45) is 0 Å². The highest BCUT2D eigenvalue weighted by atomic mass is 16.5. The van der Waals surface area contributed by atoms with Crippen LogP contribution in [0.3, 0.4) is 0 Å². The van der Waals surface area contributed by atoms with Gasteiger partial charge in [-0.15, -0.1) is 0 Å². The molecule has 3 atom stereocenters. The predicted octanol–water partition coefficient (Wildman–Crippen LogP) is 5.68. The van der Waals surface area contributed by atoms with Gasteiger partial charge < -0.3 is 20.1 Å². The van der Waals surface area contributed by atoms with Crippen LogP contribution in [0.25, 0.3) is 10.8 Å². The molecule has 0 aromatic heterocycles. The highest BCUT2D eigenvalue weighted by molar-refractivity contribution is 5.97. The lowest BCUT2D eigenvalue weighted by atomic mass is 9.83. The number of hydrogen-bond donors (Lipinski definition) is 2. The maximum absolute atomic E-state index is 12.9. The van der Waals surface area contributed by atoms with Crippen LogP contribution in [0.5, 0.6) is 5.75 Å². The number of carbonyl (C=O) groups excluding carboxylic acids is 2. The topological polar surface area (TPSA) is 76.7 Å². The number of carbonyl (C=O) groups is 2. The molecule has 6 nitrogen and oxygen atoms in total. The molecule has 5 rings (SSSR count). The molecule has 1 amide bonds. The molecule has 1 unspecified atom stereocenters. The van der Waals surface area contributed by atoms with E-state index < -0.39 is 5.97 Å². The maximum atomic E-state index is 12.9. The van der Waals surface area contributed by atoms with Crippen LogP contribution in [0.2, 0.25) is 0 Å². The third kappa shape index (κ3) is 5.81. The van der Waals surface area contributed by atoms with Crippen molar-refractivity contribution in [3.05, 3.63) is 113 Å². The minimum Gasteiger partial charge on any atom is -0.489 e. The second kappa shape index (κ2) is 11.7. The van der Waals surface area contributed by atoms with Gasteiger partial charge in [0.25, 0.3) is 5.91 Å². The quantitative estimate of drug-likeness (QED) is 0.291. The molecule has 0 spiro atoms. The van der Waals surface area contributed by atoms with E-state index in [4.69, 9.17) is 4.74 Å². The summed E-state index contributed by atoms with van der Waals surface area (Å²) in [7, 11) is 1.30. The number of rotatable bonds is 8. The first-order valence-electron chi connectivity index (χ1n) is 13.4. The molecule has 1 aliphatic rings. The summed E-state index contributed by atoms with van der Waals surface area (Å²) in [6.07, 6.45) is 0.735. The van der Waals surface area contributed by atoms with Crippen molar-refractivity contribution in [2.45, 2.75) is 38.3 Å². The van der Waals surface area contributed by atoms with E-state index in [-0.39, 0.29) is 30.5 Å². The van der Waals surface area contributed by atoms with Crippen LogP contribution >= 0.6 is 0 Å². The van der Waals surface area contributed by atoms with Crippen LogP contribution in [0.1, 0.15) is 57.9 Å². The third-order valence-electron chi connectivity index (χ3n) is 7.56. The van der Waals surface area contributed by atoms with Crippen LogP contribution in [-0.2, 0) is 9.53 Å². The van der Waals surface area contributed by atoms with Gasteiger partial charge in [-0.2, -0.15) is 0 Å². The smallest absolute Gasteiger partial charge is 0.325 e. The predicted molar refractivity (Wildman–Crippen MR) is 153 cm³/mol. The second-order valence-corrected chi connectivity index (χ2v) is 10.1. The zero-order valence-electron chi connectivity index (χ0n) is 22.6. The lowest BCUT2D eigenvalue weighted by Crippen LogP contribution is -2.37. The summed E-state index contributed by atoms with van der Waals surface area (Å²) >= 11 is 0. The minimum absolute atomic E-state index is 0.0415. The summed E-state index contributed by atoms with van der Waals surface area (Å²) < 4.78 is 11.1. The van der Waals surface area contributed by atoms with Gasteiger partial charge in [0.2, 0.25) is 0 Å². The Morgan fingerprint density at radius 3 is 2.62 bits per heavy atom. The molecular weight excluding hydrogens is 488 g/mol. The number of hydrogen-bond acceptors (Lipinski definition) is 5. The van der Waals surface area contributed by atoms with E-state index in [0.29, 0.717) is 12.1 Å². The zero-order valence-corrected chi connectivity index (χ0v) is 22.6. The molecule has 0 aliphatic carbocycles. The molecular formula is C33H34N2O4. The largest absolute Gasteiger partial charge is 0.489 e. The van der Waals surface area contributed by atoms with E-state index in [9.17, 15) is 9.59 Å². The fourth-order valence-corrected chi connectivity index (χ4v) is 5.40. The van der Waals surface area contributed by atoms with Crippen LogP contribution in [-0.4, -0.2) is 38.2 Å². The number of nitrogens with one attached hydrogen (secondary N) is 2. The second-order valence-electron chi connectivity index (χ2n) is 10.1. The molecule has 1 heterocycles. The SMILES string of the molecule is COC(=O)CNC(=O)c1cc([C@@H]2CC(CN[C@H](C)c3cccc4ccccc34)Oc3ccccc32)ccc1C. The van der Waals surface area contributed by atoms with Gasteiger partial charge in [0, 0.05) is 29.6 Å². The summed E-state index contributed by atoms with van der Waals surface area (Å²) in [5.74, 6) is 0.170. The number of fused-ring (bicyclic) bond motifs is 2. The fraction of sp³-hybridized carbons (Fsp3) is 0.273. The van der Waals surface area contributed by atoms with Crippen molar-refractivity contribution in [3.8, 4) is 5.75 Å².